The third-order valence-corrected chi connectivity index (χ3v) is 6.04. The van der Waals surface area contributed by atoms with E-state index in [1.807, 2.05) is 37.3 Å². The van der Waals surface area contributed by atoms with Crippen LogP contribution in [0.25, 0.3) is 11.5 Å². The predicted molar refractivity (Wildman–Crippen MR) is 103 cm³/mol. The molecule has 0 bridgehead atoms. The number of rotatable bonds is 7. The van der Waals surface area contributed by atoms with Gasteiger partial charge in [0, 0.05) is 17.4 Å². The van der Waals surface area contributed by atoms with E-state index >= 15 is 0 Å². The molecule has 2 aromatic rings. The minimum absolute atomic E-state index is 0.00753. The molecule has 0 saturated carbocycles. The van der Waals surface area contributed by atoms with E-state index in [0.29, 0.717) is 24.8 Å². The van der Waals surface area contributed by atoms with Crippen molar-refractivity contribution in [2.45, 2.75) is 63.3 Å². The Morgan fingerprint density at radius 2 is 1.83 bits per heavy atom. The number of benzene rings is 1. The van der Waals surface area contributed by atoms with Gasteiger partial charge in [-0.15, -0.1) is 10.2 Å². The van der Waals surface area contributed by atoms with Gasteiger partial charge in [-0.3, -0.25) is 0 Å². The van der Waals surface area contributed by atoms with Crippen LogP contribution in [0.1, 0.15) is 26.2 Å². The highest BCUT2D eigenvalue weighted by Gasteiger charge is 2.48. The average Bonchev–Trinajstić information content (AvgIpc) is 3.33. The molecule has 4 rings (SSSR count). The Kier molecular flexibility index (Phi) is 5.98. The Morgan fingerprint density at radius 3 is 2.55 bits per heavy atom. The van der Waals surface area contributed by atoms with Crippen LogP contribution in [0, 0.1) is 11.8 Å². The average molecular weight is 404 g/mol. The zero-order chi connectivity index (χ0) is 20.5. The lowest BCUT2D eigenvalue weighted by atomic mass is 9.86. The fourth-order valence-corrected chi connectivity index (χ4v) is 3.92. The van der Waals surface area contributed by atoms with Crippen molar-refractivity contribution in [3.05, 3.63) is 36.2 Å². The lowest BCUT2D eigenvalue weighted by Gasteiger charge is -2.37. The van der Waals surface area contributed by atoms with E-state index in [2.05, 4.69) is 10.2 Å². The number of aliphatic hydroxyl groups is 3. The quantitative estimate of drug-likeness (QED) is 0.589. The number of epoxide rings is 1. The van der Waals surface area contributed by atoms with E-state index in [9.17, 15) is 15.3 Å². The van der Waals surface area contributed by atoms with Crippen LogP contribution in [0.3, 0.4) is 0 Å². The second kappa shape index (κ2) is 8.49. The van der Waals surface area contributed by atoms with Gasteiger partial charge in [0.05, 0.1) is 43.5 Å². The molecule has 158 valence electrons. The van der Waals surface area contributed by atoms with Gasteiger partial charge in [0.1, 0.15) is 6.10 Å². The summed E-state index contributed by atoms with van der Waals surface area (Å²) in [4.78, 5) is 0. The van der Waals surface area contributed by atoms with Crippen LogP contribution in [0.15, 0.2) is 34.7 Å². The molecule has 8 atom stereocenters. The predicted octanol–water partition coefficient (Wildman–Crippen LogP) is 1.19. The molecule has 3 N–H and O–H groups in total. The van der Waals surface area contributed by atoms with E-state index in [0.717, 1.165) is 5.56 Å². The van der Waals surface area contributed by atoms with Crippen molar-refractivity contribution in [1.82, 2.24) is 10.2 Å². The summed E-state index contributed by atoms with van der Waals surface area (Å²) in [6.45, 7) is 4.01. The lowest BCUT2D eigenvalue weighted by molar-refractivity contribution is -0.166. The molecule has 3 heterocycles. The van der Waals surface area contributed by atoms with Crippen LogP contribution in [0.4, 0.5) is 0 Å². The van der Waals surface area contributed by atoms with Gasteiger partial charge in [-0.1, -0.05) is 25.1 Å². The molecule has 2 aliphatic heterocycles. The molecular formula is C21H28N2O6. The number of hydrogen-bond acceptors (Lipinski definition) is 8. The fourth-order valence-electron chi connectivity index (χ4n) is 3.92. The van der Waals surface area contributed by atoms with Gasteiger partial charge in [-0.05, 0) is 25.5 Å². The molecule has 2 fully saturated rings. The number of hydrogen-bond donors (Lipinski definition) is 3. The lowest BCUT2D eigenvalue weighted by Crippen LogP contribution is -2.51. The van der Waals surface area contributed by atoms with Gasteiger partial charge in [0.2, 0.25) is 11.8 Å². The highest BCUT2D eigenvalue weighted by Crippen LogP contribution is 2.38. The van der Waals surface area contributed by atoms with Gasteiger partial charge in [0.25, 0.3) is 0 Å². The van der Waals surface area contributed by atoms with Crippen LogP contribution < -0.4 is 0 Å². The van der Waals surface area contributed by atoms with Gasteiger partial charge in [-0.25, -0.2) is 0 Å². The summed E-state index contributed by atoms with van der Waals surface area (Å²) in [5.41, 5.74) is 0.821. The van der Waals surface area contributed by atoms with Crippen molar-refractivity contribution < 1.29 is 29.2 Å². The second-order valence-corrected chi connectivity index (χ2v) is 8.16. The smallest absolute Gasteiger partial charge is 0.247 e. The summed E-state index contributed by atoms with van der Waals surface area (Å²) in [5.74, 6) is 0.582. The maximum absolute atomic E-state index is 10.6. The van der Waals surface area contributed by atoms with E-state index in [1.54, 1.807) is 6.92 Å². The number of nitrogens with zero attached hydrogens (tertiary/aromatic N) is 2. The first kappa shape index (κ1) is 20.4. The third kappa shape index (κ3) is 4.51. The standard InChI is InChI=1S/C21H28N2O6/c1-11(12(2)24)20-16(28-20)8-14-10-27-15(19(26)18(14)25)9-17-22-23-21(29-17)13-6-4-3-5-7-13/h3-7,11-12,14-16,18-20,24-26H,8-10H2,1-2H3/t11-,12-,14-,15-,16-,18+,19-,20-/m0/s1. The molecule has 29 heavy (non-hydrogen) atoms. The highest BCUT2D eigenvalue weighted by molar-refractivity contribution is 5.51. The van der Waals surface area contributed by atoms with Crippen molar-refractivity contribution in [1.29, 1.82) is 0 Å². The molecule has 8 heteroatoms. The van der Waals surface area contributed by atoms with Crippen LogP contribution in [-0.2, 0) is 15.9 Å². The molecule has 1 aromatic carbocycles. The molecule has 1 aromatic heterocycles. The minimum atomic E-state index is -1.05. The highest BCUT2D eigenvalue weighted by atomic mass is 16.6. The zero-order valence-corrected chi connectivity index (χ0v) is 16.6. The first-order valence-corrected chi connectivity index (χ1v) is 10.1. The Morgan fingerprint density at radius 1 is 1.07 bits per heavy atom. The van der Waals surface area contributed by atoms with Crippen LogP contribution >= 0.6 is 0 Å². The van der Waals surface area contributed by atoms with Gasteiger partial charge >= 0.3 is 0 Å². The maximum atomic E-state index is 10.6. The minimum Gasteiger partial charge on any atom is -0.421 e. The van der Waals surface area contributed by atoms with E-state index < -0.39 is 24.4 Å². The zero-order valence-electron chi connectivity index (χ0n) is 16.6. The number of aromatic nitrogens is 2. The SMILES string of the molecule is C[C@H]([C@@H]1O[C@H]1C[C@H]1CO[C@@H](Cc2nnc(-c3ccccc3)o2)[C@H](O)[C@@H]1O)[C@H](C)O. The first-order chi connectivity index (χ1) is 13.9. The van der Waals surface area contributed by atoms with Crippen LogP contribution in [0.5, 0.6) is 0 Å². The Hall–Kier alpha value is -1.84. The Balaban J connectivity index is 1.31. The van der Waals surface area contributed by atoms with Crippen molar-refractivity contribution in [2.75, 3.05) is 6.61 Å². The summed E-state index contributed by atoms with van der Waals surface area (Å²) < 4.78 is 17.2. The molecule has 2 saturated heterocycles. The molecule has 0 unspecified atom stereocenters. The van der Waals surface area contributed by atoms with Gasteiger partial charge in [-0.2, -0.15) is 0 Å². The molecule has 0 spiro atoms. The Bertz CT molecular complexity index is 797. The summed E-state index contributed by atoms with van der Waals surface area (Å²) in [7, 11) is 0. The molecule has 8 nitrogen and oxygen atoms in total. The normalized spacial score (nSPS) is 34.0. The van der Waals surface area contributed by atoms with Crippen LogP contribution in [0.2, 0.25) is 0 Å². The van der Waals surface area contributed by atoms with Crippen molar-refractivity contribution >= 4 is 0 Å². The van der Waals surface area contributed by atoms with Crippen molar-refractivity contribution in [3.8, 4) is 11.5 Å². The Labute approximate surface area is 169 Å². The largest absolute Gasteiger partial charge is 0.421 e. The summed E-state index contributed by atoms with van der Waals surface area (Å²) in [6.07, 6.45) is -2.23. The summed E-state index contributed by atoms with van der Waals surface area (Å²) in [5, 5.41) is 38.9. The molecular weight excluding hydrogens is 376 g/mol. The molecule has 2 aliphatic rings. The second-order valence-electron chi connectivity index (χ2n) is 8.16. The van der Waals surface area contributed by atoms with Gasteiger partial charge < -0.3 is 29.2 Å². The molecule has 0 amide bonds. The monoisotopic (exact) mass is 404 g/mol. The van der Waals surface area contributed by atoms with Crippen molar-refractivity contribution in [2.24, 2.45) is 11.8 Å². The number of ether oxygens (including phenoxy) is 2. The topological polar surface area (TPSA) is 121 Å². The fraction of sp³-hybridized carbons (Fsp3) is 0.619. The maximum Gasteiger partial charge on any atom is 0.247 e. The molecule has 0 radical (unpaired) electrons. The summed E-state index contributed by atoms with van der Waals surface area (Å²) >= 11 is 0. The summed E-state index contributed by atoms with van der Waals surface area (Å²) in [6, 6.07) is 9.44. The first-order valence-electron chi connectivity index (χ1n) is 10.1. The van der Waals surface area contributed by atoms with E-state index in [-0.39, 0.29) is 30.5 Å². The van der Waals surface area contributed by atoms with Crippen molar-refractivity contribution in [3.63, 3.8) is 0 Å². The van der Waals surface area contributed by atoms with Gasteiger partial charge in [0.15, 0.2) is 0 Å². The number of aliphatic hydroxyl groups excluding tert-OH is 3. The van der Waals surface area contributed by atoms with E-state index in [1.165, 1.54) is 0 Å². The van der Waals surface area contributed by atoms with E-state index in [4.69, 9.17) is 13.9 Å². The molecule has 0 aliphatic carbocycles. The third-order valence-electron chi connectivity index (χ3n) is 6.04. The van der Waals surface area contributed by atoms with Crippen LogP contribution in [-0.4, -0.2) is 68.7 Å².